The van der Waals surface area contributed by atoms with E-state index in [2.05, 4.69) is 10.3 Å². The van der Waals surface area contributed by atoms with Crippen molar-refractivity contribution >= 4 is 28.4 Å². The Morgan fingerprint density at radius 3 is 2.77 bits per heavy atom. The summed E-state index contributed by atoms with van der Waals surface area (Å²) in [7, 11) is 1.60. The van der Waals surface area contributed by atoms with Gasteiger partial charge in [0.25, 0.3) is 0 Å². The number of aromatic nitrogens is 1. The fourth-order valence-electron chi connectivity index (χ4n) is 3.70. The van der Waals surface area contributed by atoms with E-state index >= 15 is 0 Å². The molecule has 1 aliphatic heterocycles. The second-order valence-electron chi connectivity index (χ2n) is 7.43. The maximum absolute atomic E-state index is 12.5. The first kappa shape index (κ1) is 20.7. The van der Waals surface area contributed by atoms with Gasteiger partial charge in [-0.3, -0.25) is 14.6 Å². The Morgan fingerprint density at radius 1 is 1.16 bits per heavy atom. The van der Waals surface area contributed by atoms with Crippen LogP contribution in [0.5, 0.6) is 11.5 Å². The van der Waals surface area contributed by atoms with Crippen molar-refractivity contribution in [2.75, 3.05) is 31.7 Å². The molecule has 2 aromatic carbocycles. The zero-order valence-corrected chi connectivity index (χ0v) is 17.4. The van der Waals surface area contributed by atoms with Crippen LogP contribution < -0.4 is 19.7 Å². The van der Waals surface area contributed by atoms with Crippen molar-refractivity contribution in [2.45, 2.75) is 12.8 Å². The van der Waals surface area contributed by atoms with Crippen molar-refractivity contribution in [3.63, 3.8) is 0 Å². The number of pyridine rings is 1. The van der Waals surface area contributed by atoms with Gasteiger partial charge in [0.2, 0.25) is 11.8 Å². The van der Waals surface area contributed by atoms with Gasteiger partial charge in [-0.25, -0.2) is 0 Å². The Hall–Kier alpha value is -3.61. The lowest BCUT2D eigenvalue weighted by atomic mass is 10.1. The van der Waals surface area contributed by atoms with Crippen LogP contribution in [0.3, 0.4) is 0 Å². The molecule has 7 heteroatoms. The molecule has 4 rings (SSSR count). The third-order valence-electron chi connectivity index (χ3n) is 5.35. The molecule has 1 atom stereocenters. The third kappa shape index (κ3) is 4.77. The summed E-state index contributed by atoms with van der Waals surface area (Å²) in [5, 5.41) is 3.95. The molecule has 1 N–H and O–H groups in total. The van der Waals surface area contributed by atoms with E-state index in [1.54, 1.807) is 18.2 Å². The number of hydrogen-bond acceptors (Lipinski definition) is 5. The second kappa shape index (κ2) is 9.47. The van der Waals surface area contributed by atoms with Crippen LogP contribution >= 0.6 is 0 Å². The highest BCUT2D eigenvalue weighted by Gasteiger charge is 2.34. The van der Waals surface area contributed by atoms with Crippen LogP contribution in [0.4, 0.5) is 5.69 Å². The number of carbonyl (C=O) groups excluding carboxylic acids is 2. The van der Waals surface area contributed by atoms with Crippen LogP contribution in [0.15, 0.2) is 60.8 Å². The standard InChI is InChI=1S/C24H25N3O4/c1-30-20-10-8-19(9-11-20)27-16-18(15-22(27)28)24(29)26-13-4-14-31-21-7-2-5-17-6-3-12-25-23(17)21/h2-3,5-12,18H,4,13-16H2,1H3,(H,26,29). The summed E-state index contributed by atoms with van der Waals surface area (Å²) in [6.07, 6.45) is 2.63. The van der Waals surface area contributed by atoms with Gasteiger partial charge in [-0.2, -0.15) is 0 Å². The fraction of sp³-hybridized carbons (Fsp3) is 0.292. The van der Waals surface area contributed by atoms with Crippen LogP contribution in [0.25, 0.3) is 10.9 Å². The third-order valence-corrected chi connectivity index (χ3v) is 5.35. The van der Waals surface area contributed by atoms with E-state index in [9.17, 15) is 9.59 Å². The van der Waals surface area contributed by atoms with Gasteiger partial charge in [0.1, 0.15) is 17.0 Å². The fourth-order valence-corrected chi connectivity index (χ4v) is 3.70. The summed E-state index contributed by atoms with van der Waals surface area (Å²) in [6, 6.07) is 17.0. The average Bonchev–Trinajstić information content (AvgIpc) is 3.20. The van der Waals surface area contributed by atoms with E-state index in [4.69, 9.17) is 9.47 Å². The second-order valence-corrected chi connectivity index (χ2v) is 7.43. The number of hydrogen-bond donors (Lipinski definition) is 1. The molecule has 160 valence electrons. The molecular formula is C24H25N3O4. The van der Waals surface area contributed by atoms with Gasteiger partial charge in [-0.1, -0.05) is 18.2 Å². The lowest BCUT2D eigenvalue weighted by Crippen LogP contribution is -2.34. The van der Waals surface area contributed by atoms with Crippen LogP contribution in [-0.2, 0) is 9.59 Å². The van der Waals surface area contributed by atoms with Crippen molar-refractivity contribution in [3.8, 4) is 11.5 Å². The highest BCUT2D eigenvalue weighted by atomic mass is 16.5. The van der Waals surface area contributed by atoms with Crippen molar-refractivity contribution in [1.82, 2.24) is 10.3 Å². The molecule has 1 fully saturated rings. The van der Waals surface area contributed by atoms with Gasteiger partial charge >= 0.3 is 0 Å². The van der Waals surface area contributed by atoms with Crippen molar-refractivity contribution in [2.24, 2.45) is 5.92 Å². The van der Waals surface area contributed by atoms with E-state index < -0.39 is 0 Å². The minimum atomic E-state index is -0.349. The average molecular weight is 419 g/mol. The number of amides is 2. The zero-order chi connectivity index (χ0) is 21.6. The van der Waals surface area contributed by atoms with Gasteiger partial charge in [0, 0.05) is 36.8 Å². The van der Waals surface area contributed by atoms with E-state index in [1.807, 2.05) is 54.6 Å². The van der Waals surface area contributed by atoms with E-state index in [1.165, 1.54) is 0 Å². The molecule has 0 saturated carbocycles. The number of para-hydroxylation sites is 1. The van der Waals surface area contributed by atoms with Crippen LogP contribution in [0.1, 0.15) is 12.8 Å². The molecule has 0 radical (unpaired) electrons. The highest BCUT2D eigenvalue weighted by Crippen LogP contribution is 2.27. The molecular weight excluding hydrogens is 394 g/mol. The summed E-state index contributed by atoms with van der Waals surface area (Å²) in [5.74, 6) is 0.971. The Morgan fingerprint density at radius 2 is 1.97 bits per heavy atom. The van der Waals surface area contributed by atoms with Gasteiger partial charge in [-0.15, -0.1) is 0 Å². The number of rotatable bonds is 8. The number of nitrogens with zero attached hydrogens (tertiary/aromatic N) is 2. The first-order valence-corrected chi connectivity index (χ1v) is 10.3. The molecule has 2 heterocycles. The minimum absolute atomic E-state index is 0.0443. The summed E-state index contributed by atoms with van der Waals surface area (Å²) in [6.45, 7) is 1.34. The molecule has 1 aromatic heterocycles. The first-order chi connectivity index (χ1) is 15.2. The van der Waals surface area contributed by atoms with E-state index in [0.29, 0.717) is 26.1 Å². The molecule has 2 amide bonds. The minimum Gasteiger partial charge on any atom is -0.497 e. The number of nitrogens with one attached hydrogen (secondary N) is 1. The number of carbonyl (C=O) groups is 2. The lowest BCUT2D eigenvalue weighted by Gasteiger charge is -2.17. The predicted octanol–water partition coefficient (Wildman–Crippen LogP) is 3.18. The molecule has 1 saturated heterocycles. The van der Waals surface area contributed by atoms with Gasteiger partial charge in [0.05, 0.1) is 19.6 Å². The highest BCUT2D eigenvalue weighted by molar-refractivity contribution is 6.00. The molecule has 0 bridgehead atoms. The smallest absolute Gasteiger partial charge is 0.227 e. The molecule has 1 aliphatic rings. The number of benzene rings is 2. The predicted molar refractivity (Wildman–Crippen MR) is 118 cm³/mol. The van der Waals surface area contributed by atoms with Crippen molar-refractivity contribution in [3.05, 3.63) is 60.8 Å². The van der Waals surface area contributed by atoms with Crippen LogP contribution in [0, 0.1) is 5.92 Å². The van der Waals surface area contributed by atoms with Crippen LogP contribution in [0.2, 0.25) is 0 Å². The van der Waals surface area contributed by atoms with Gasteiger partial charge in [0.15, 0.2) is 0 Å². The summed E-state index contributed by atoms with van der Waals surface area (Å²) < 4.78 is 11.0. The van der Waals surface area contributed by atoms with E-state index in [-0.39, 0.29) is 24.2 Å². The quantitative estimate of drug-likeness (QED) is 0.567. The molecule has 31 heavy (non-hydrogen) atoms. The molecule has 0 spiro atoms. The first-order valence-electron chi connectivity index (χ1n) is 10.3. The number of ether oxygens (including phenoxy) is 2. The maximum Gasteiger partial charge on any atom is 0.227 e. The molecule has 1 unspecified atom stereocenters. The number of anilines is 1. The number of fused-ring (bicyclic) bond motifs is 1. The summed E-state index contributed by atoms with van der Waals surface area (Å²) in [5.41, 5.74) is 1.61. The maximum atomic E-state index is 12.5. The topological polar surface area (TPSA) is 80.8 Å². The Balaban J connectivity index is 1.23. The number of methoxy groups -OCH3 is 1. The largest absolute Gasteiger partial charge is 0.497 e. The van der Waals surface area contributed by atoms with Crippen molar-refractivity contribution < 1.29 is 19.1 Å². The van der Waals surface area contributed by atoms with Crippen LogP contribution in [-0.4, -0.2) is 43.6 Å². The monoisotopic (exact) mass is 419 g/mol. The lowest BCUT2D eigenvalue weighted by molar-refractivity contribution is -0.126. The summed E-state index contributed by atoms with van der Waals surface area (Å²) in [4.78, 5) is 30.9. The van der Waals surface area contributed by atoms with Gasteiger partial charge in [-0.05, 0) is 42.8 Å². The molecule has 7 nitrogen and oxygen atoms in total. The molecule has 3 aromatic rings. The normalized spacial score (nSPS) is 15.8. The van der Waals surface area contributed by atoms with E-state index in [0.717, 1.165) is 28.1 Å². The van der Waals surface area contributed by atoms with Gasteiger partial charge < -0.3 is 19.7 Å². The Labute approximate surface area is 181 Å². The van der Waals surface area contributed by atoms with Crippen molar-refractivity contribution in [1.29, 1.82) is 0 Å². The summed E-state index contributed by atoms with van der Waals surface area (Å²) >= 11 is 0. The SMILES string of the molecule is COc1ccc(N2CC(C(=O)NCCCOc3cccc4cccnc34)CC2=O)cc1. The Kier molecular flexibility index (Phi) is 6.31. The Bertz CT molecular complexity index is 1060. The molecule has 0 aliphatic carbocycles. The zero-order valence-electron chi connectivity index (χ0n) is 17.4.